The van der Waals surface area contributed by atoms with Gasteiger partial charge in [0.25, 0.3) is 6.43 Å². The van der Waals surface area contributed by atoms with Gasteiger partial charge in [0.2, 0.25) is 0 Å². The van der Waals surface area contributed by atoms with Gasteiger partial charge in [0.15, 0.2) is 0 Å². The van der Waals surface area contributed by atoms with E-state index in [-0.39, 0.29) is 17.6 Å². The van der Waals surface area contributed by atoms with Crippen LogP contribution in [0.1, 0.15) is 51.2 Å². The molecule has 1 fully saturated rings. The second-order valence-electron chi connectivity index (χ2n) is 6.34. The zero-order chi connectivity index (χ0) is 15.9. The number of hydrogen-bond donors (Lipinski definition) is 2. The van der Waals surface area contributed by atoms with E-state index in [0.29, 0.717) is 0 Å². The summed E-state index contributed by atoms with van der Waals surface area (Å²) < 4.78 is 24.9. The number of hydrogen-bond acceptors (Lipinski definition) is 2. The van der Waals surface area contributed by atoms with Crippen molar-refractivity contribution >= 4 is 0 Å². The summed E-state index contributed by atoms with van der Waals surface area (Å²) in [5.74, 6) is 0.833. The van der Waals surface area contributed by atoms with E-state index in [4.69, 9.17) is 0 Å². The molecule has 0 unspecified atom stereocenters. The molecule has 0 atom stereocenters. The van der Waals surface area contributed by atoms with Crippen LogP contribution in [-0.2, 0) is 5.41 Å². The van der Waals surface area contributed by atoms with Crippen LogP contribution in [0.25, 0.3) is 0 Å². The topological polar surface area (TPSA) is 32.3 Å². The number of alkyl halides is 2. The van der Waals surface area contributed by atoms with Crippen LogP contribution in [0.15, 0.2) is 24.3 Å². The molecule has 2 nitrogen and oxygen atoms in total. The van der Waals surface area contributed by atoms with Crippen LogP contribution < -0.4 is 5.32 Å². The molecule has 2 N–H and O–H groups in total. The molecule has 0 aromatic heterocycles. The van der Waals surface area contributed by atoms with Gasteiger partial charge in [-0.25, -0.2) is 8.78 Å². The summed E-state index contributed by atoms with van der Waals surface area (Å²) in [6.45, 7) is 8.29. The van der Waals surface area contributed by atoms with Crippen molar-refractivity contribution < 1.29 is 13.9 Å². The first kappa shape index (κ1) is 18.1. The van der Waals surface area contributed by atoms with Crippen molar-refractivity contribution in [2.45, 2.75) is 45.5 Å². The average Bonchev–Trinajstić information content (AvgIpc) is 2.47. The lowest BCUT2D eigenvalue weighted by molar-refractivity contribution is 0.150. The van der Waals surface area contributed by atoms with E-state index in [1.54, 1.807) is 12.1 Å². The van der Waals surface area contributed by atoms with E-state index >= 15 is 0 Å². The molecule has 1 heterocycles. The lowest BCUT2D eigenvalue weighted by atomic mass is 9.74. The third kappa shape index (κ3) is 5.36. The fourth-order valence-corrected chi connectivity index (χ4v) is 2.43. The van der Waals surface area contributed by atoms with Crippen LogP contribution in [0.5, 0.6) is 0 Å². The van der Waals surface area contributed by atoms with Gasteiger partial charge in [0.05, 0.1) is 6.61 Å². The molecule has 21 heavy (non-hydrogen) atoms. The highest BCUT2D eigenvalue weighted by atomic mass is 19.3. The largest absolute Gasteiger partial charge is 0.395 e. The molecule has 1 saturated heterocycles. The molecular weight excluding hydrogens is 272 g/mol. The summed E-state index contributed by atoms with van der Waals surface area (Å²) in [7, 11) is 0. The first-order valence-electron chi connectivity index (χ1n) is 7.61. The van der Waals surface area contributed by atoms with Gasteiger partial charge in [-0.05, 0) is 37.4 Å². The van der Waals surface area contributed by atoms with Gasteiger partial charge in [-0.15, -0.1) is 0 Å². The maximum atomic E-state index is 12.5. The highest BCUT2D eigenvalue weighted by Gasteiger charge is 2.33. The fourth-order valence-electron chi connectivity index (χ4n) is 2.43. The molecule has 0 amide bonds. The number of aliphatic hydroxyl groups is 1. The zero-order valence-corrected chi connectivity index (χ0v) is 13.2. The molecular formula is C17H27F2NO. The summed E-state index contributed by atoms with van der Waals surface area (Å²) in [5, 5.41) is 12.8. The molecule has 120 valence electrons. The van der Waals surface area contributed by atoms with Crippen LogP contribution in [0.2, 0.25) is 0 Å². The Morgan fingerprint density at radius 1 is 1.10 bits per heavy atom. The van der Waals surface area contributed by atoms with Gasteiger partial charge in [-0.2, -0.15) is 0 Å². The van der Waals surface area contributed by atoms with E-state index in [1.807, 2.05) is 0 Å². The summed E-state index contributed by atoms with van der Waals surface area (Å²) in [5.41, 5.74) is 0.744. The van der Waals surface area contributed by atoms with Crippen molar-refractivity contribution in [1.29, 1.82) is 0 Å². The number of rotatable bonds is 3. The molecule has 1 aromatic carbocycles. The summed E-state index contributed by atoms with van der Waals surface area (Å²) in [6, 6.07) is 6.37. The summed E-state index contributed by atoms with van der Waals surface area (Å²) in [4.78, 5) is 0. The van der Waals surface area contributed by atoms with Gasteiger partial charge in [-0.1, -0.05) is 45.0 Å². The Kier molecular flexibility index (Phi) is 7.26. The van der Waals surface area contributed by atoms with Crippen LogP contribution in [0, 0.1) is 5.92 Å². The van der Waals surface area contributed by atoms with E-state index in [2.05, 4.69) is 26.1 Å². The molecule has 0 spiro atoms. The maximum absolute atomic E-state index is 12.5. The van der Waals surface area contributed by atoms with Crippen molar-refractivity contribution in [3.8, 4) is 0 Å². The Balaban J connectivity index is 0.000000491. The van der Waals surface area contributed by atoms with Gasteiger partial charge in [0.1, 0.15) is 0 Å². The smallest absolute Gasteiger partial charge is 0.263 e. The van der Waals surface area contributed by atoms with Gasteiger partial charge in [-0.3, -0.25) is 0 Å². The molecule has 1 aliphatic heterocycles. The molecule has 4 heteroatoms. The molecule has 0 radical (unpaired) electrons. The molecule has 1 aliphatic rings. The highest BCUT2D eigenvalue weighted by Crippen LogP contribution is 2.33. The lowest BCUT2D eigenvalue weighted by Gasteiger charge is -2.36. The maximum Gasteiger partial charge on any atom is 0.263 e. The average molecular weight is 299 g/mol. The summed E-state index contributed by atoms with van der Waals surface area (Å²) >= 11 is 0. The lowest BCUT2D eigenvalue weighted by Crippen LogP contribution is -2.42. The monoisotopic (exact) mass is 299 g/mol. The standard InChI is InChI=1S/C13H17F2NO.C4H10/c14-12(15)10-1-3-11(4-2-10)13(9-17)5-7-16-8-6-13;1-4(2)3/h1-4,12,16-17H,5-9H2;4H,1-3H3. The minimum Gasteiger partial charge on any atom is -0.395 e. The number of benzene rings is 1. The first-order chi connectivity index (χ1) is 9.91. The zero-order valence-electron chi connectivity index (χ0n) is 13.2. The predicted octanol–water partition coefficient (Wildman–Crippen LogP) is 3.90. The highest BCUT2D eigenvalue weighted by molar-refractivity contribution is 5.30. The first-order valence-corrected chi connectivity index (χ1v) is 7.61. The van der Waals surface area contributed by atoms with E-state index in [9.17, 15) is 13.9 Å². The van der Waals surface area contributed by atoms with Gasteiger partial charge >= 0.3 is 0 Å². The summed E-state index contributed by atoms with van der Waals surface area (Å²) in [6.07, 6.45) is -0.739. The predicted molar refractivity (Wildman–Crippen MR) is 82.8 cm³/mol. The van der Waals surface area contributed by atoms with Crippen molar-refractivity contribution in [3.05, 3.63) is 35.4 Å². The Labute approximate surface area is 126 Å². The SMILES string of the molecule is CC(C)C.OCC1(c2ccc(C(F)F)cc2)CCNCC1. The fraction of sp³-hybridized carbons (Fsp3) is 0.647. The van der Waals surface area contributed by atoms with Crippen LogP contribution in [0.4, 0.5) is 8.78 Å². The molecule has 0 saturated carbocycles. The molecule has 0 aliphatic carbocycles. The van der Waals surface area contributed by atoms with Gasteiger partial charge in [0, 0.05) is 11.0 Å². The minimum absolute atomic E-state index is 0.0378. The van der Waals surface area contributed by atoms with Crippen LogP contribution >= 0.6 is 0 Å². The molecule has 0 bridgehead atoms. The Morgan fingerprint density at radius 3 is 1.95 bits per heavy atom. The molecule has 2 rings (SSSR count). The number of nitrogens with one attached hydrogen (secondary N) is 1. The normalized spacial score (nSPS) is 17.5. The van der Waals surface area contributed by atoms with E-state index in [0.717, 1.165) is 37.4 Å². The third-order valence-electron chi connectivity index (χ3n) is 3.64. The minimum atomic E-state index is -2.43. The quantitative estimate of drug-likeness (QED) is 0.887. The number of halogens is 2. The van der Waals surface area contributed by atoms with Crippen molar-refractivity contribution in [2.24, 2.45) is 5.92 Å². The Bertz CT molecular complexity index is 395. The Hall–Kier alpha value is -1.00. The van der Waals surface area contributed by atoms with Crippen molar-refractivity contribution in [1.82, 2.24) is 5.32 Å². The second kappa shape index (κ2) is 8.44. The number of aliphatic hydroxyl groups excluding tert-OH is 1. The third-order valence-corrected chi connectivity index (χ3v) is 3.64. The Morgan fingerprint density at radius 2 is 1.57 bits per heavy atom. The van der Waals surface area contributed by atoms with E-state index < -0.39 is 6.43 Å². The van der Waals surface area contributed by atoms with Gasteiger partial charge < -0.3 is 10.4 Å². The van der Waals surface area contributed by atoms with Crippen molar-refractivity contribution in [3.63, 3.8) is 0 Å². The second-order valence-corrected chi connectivity index (χ2v) is 6.34. The van der Waals surface area contributed by atoms with Crippen LogP contribution in [-0.4, -0.2) is 24.8 Å². The van der Waals surface area contributed by atoms with E-state index in [1.165, 1.54) is 12.1 Å². The van der Waals surface area contributed by atoms with Crippen molar-refractivity contribution in [2.75, 3.05) is 19.7 Å². The number of piperidine rings is 1. The molecule has 1 aromatic rings. The van der Waals surface area contributed by atoms with Crippen LogP contribution in [0.3, 0.4) is 0 Å².